The largest absolute Gasteiger partial charge is 0.296 e. The number of hydrogen-bond acceptors (Lipinski definition) is 4. The number of imide groups is 1. The number of nitrogens with zero attached hydrogens (tertiary/aromatic N) is 2. The molecular formula is C12H17N3O2. The second kappa shape index (κ2) is 3.81. The van der Waals surface area contributed by atoms with E-state index in [-0.39, 0.29) is 36.2 Å². The normalized spacial score (nSPS) is 30.2. The van der Waals surface area contributed by atoms with E-state index in [0.717, 1.165) is 0 Å². The van der Waals surface area contributed by atoms with Gasteiger partial charge in [0.2, 0.25) is 11.8 Å². The van der Waals surface area contributed by atoms with Crippen LogP contribution < -0.4 is 5.32 Å². The van der Waals surface area contributed by atoms with Crippen molar-refractivity contribution in [2.75, 3.05) is 6.54 Å². The summed E-state index contributed by atoms with van der Waals surface area (Å²) < 4.78 is 0. The molecule has 1 aliphatic heterocycles. The molecular weight excluding hydrogens is 218 g/mol. The Morgan fingerprint density at radius 1 is 1.47 bits per heavy atom. The van der Waals surface area contributed by atoms with Gasteiger partial charge in [-0.25, -0.2) is 0 Å². The molecule has 1 saturated carbocycles. The smallest absolute Gasteiger partial charge is 0.233 e. The number of hydrogen-bond donors (Lipinski definition) is 1. The number of nitrogens with one attached hydrogen (secondary N) is 1. The summed E-state index contributed by atoms with van der Waals surface area (Å²) in [7, 11) is 0. The van der Waals surface area contributed by atoms with Crippen LogP contribution in [0.25, 0.3) is 0 Å². The fourth-order valence-electron chi connectivity index (χ4n) is 2.47. The first-order chi connectivity index (χ1) is 7.88. The van der Waals surface area contributed by atoms with Crippen molar-refractivity contribution in [1.82, 2.24) is 10.2 Å². The van der Waals surface area contributed by atoms with E-state index in [1.165, 1.54) is 4.90 Å². The number of piperidine rings is 1. The Bertz CT molecular complexity index is 392. The summed E-state index contributed by atoms with van der Waals surface area (Å²) in [6, 6.07) is 2.28. The third-order valence-corrected chi connectivity index (χ3v) is 3.29. The van der Waals surface area contributed by atoms with Gasteiger partial charge in [-0.15, -0.1) is 0 Å². The maximum atomic E-state index is 11.8. The Kier molecular flexibility index (Phi) is 2.70. The second-order valence-electron chi connectivity index (χ2n) is 5.45. The molecule has 1 N–H and O–H groups in total. The van der Waals surface area contributed by atoms with Crippen molar-refractivity contribution in [1.29, 1.82) is 5.26 Å². The van der Waals surface area contributed by atoms with E-state index in [9.17, 15) is 14.9 Å². The van der Waals surface area contributed by atoms with Gasteiger partial charge in [-0.05, 0) is 27.2 Å². The number of fused-ring (bicyclic) bond motifs is 1. The molecule has 2 rings (SSSR count). The maximum absolute atomic E-state index is 11.8. The molecule has 1 heterocycles. The molecule has 92 valence electrons. The van der Waals surface area contributed by atoms with E-state index in [1.54, 1.807) is 6.92 Å². The molecule has 1 aliphatic carbocycles. The highest BCUT2D eigenvalue weighted by Crippen LogP contribution is 2.47. The SMILES string of the molecule is CC(C)NC(C)(C#N)CN1C(=O)C2CC2C1=O. The molecule has 2 aliphatic rings. The van der Waals surface area contributed by atoms with Crippen LogP contribution >= 0.6 is 0 Å². The van der Waals surface area contributed by atoms with Gasteiger partial charge in [0.25, 0.3) is 0 Å². The molecule has 5 nitrogen and oxygen atoms in total. The van der Waals surface area contributed by atoms with Gasteiger partial charge in [-0.3, -0.25) is 19.8 Å². The molecule has 2 amide bonds. The highest BCUT2D eigenvalue weighted by atomic mass is 16.2. The summed E-state index contributed by atoms with van der Waals surface area (Å²) in [6.07, 6.45) is 0.703. The molecule has 17 heavy (non-hydrogen) atoms. The summed E-state index contributed by atoms with van der Waals surface area (Å²) in [5.74, 6) is -0.395. The highest BCUT2D eigenvalue weighted by molar-refractivity contribution is 6.08. The van der Waals surface area contributed by atoms with Crippen molar-refractivity contribution in [3.63, 3.8) is 0 Å². The Hall–Kier alpha value is -1.41. The second-order valence-corrected chi connectivity index (χ2v) is 5.45. The Balaban J connectivity index is 2.07. The molecule has 0 aromatic carbocycles. The number of likely N-dealkylation sites (tertiary alicyclic amines) is 1. The van der Waals surface area contributed by atoms with Gasteiger partial charge in [-0.1, -0.05) is 0 Å². The monoisotopic (exact) mass is 235 g/mol. The van der Waals surface area contributed by atoms with E-state index in [1.807, 2.05) is 13.8 Å². The van der Waals surface area contributed by atoms with Crippen molar-refractivity contribution >= 4 is 11.8 Å². The van der Waals surface area contributed by atoms with Crippen LogP contribution in [0, 0.1) is 23.2 Å². The molecule has 1 saturated heterocycles. The standard InChI is InChI=1S/C12H17N3O2/c1-7(2)14-12(3,5-13)6-15-10(16)8-4-9(8)11(15)17/h7-9,14H,4,6H2,1-3H3. The van der Waals surface area contributed by atoms with Crippen LogP contribution in [0.2, 0.25) is 0 Å². The van der Waals surface area contributed by atoms with Crippen molar-refractivity contribution in [2.45, 2.75) is 38.8 Å². The van der Waals surface area contributed by atoms with Gasteiger partial charge in [0.15, 0.2) is 0 Å². The average molecular weight is 235 g/mol. The van der Waals surface area contributed by atoms with Crippen LogP contribution in [0.3, 0.4) is 0 Å². The summed E-state index contributed by atoms with van der Waals surface area (Å²) in [6.45, 7) is 5.73. The molecule has 0 spiro atoms. The minimum atomic E-state index is -0.865. The fraction of sp³-hybridized carbons (Fsp3) is 0.750. The van der Waals surface area contributed by atoms with E-state index in [0.29, 0.717) is 6.42 Å². The number of nitriles is 1. The molecule has 0 radical (unpaired) electrons. The third kappa shape index (κ3) is 2.05. The lowest BCUT2D eigenvalue weighted by Crippen LogP contribution is -2.54. The van der Waals surface area contributed by atoms with Gasteiger partial charge in [-0.2, -0.15) is 5.26 Å². The molecule has 0 aromatic heterocycles. The summed E-state index contributed by atoms with van der Waals surface area (Å²) in [4.78, 5) is 24.9. The van der Waals surface area contributed by atoms with Crippen LogP contribution in [-0.2, 0) is 9.59 Å². The van der Waals surface area contributed by atoms with Gasteiger partial charge in [0.05, 0.1) is 24.4 Å². The first kappa shape index (κ1) is 12.1. The summed E-state index contributed by atoms with van der Waals surface area (Å²) >= 11 is 0. The van der Waals surface area contributed by atoms with Gasteiger partial charge in [0, 0.05) is 6.04 Å². The quantitative estimate of drug-likeness (QED) is 0.710. The van der Waals surface area contributed by atoms with Gasteiger partial charge in [0.1, 0.15) is 5.54 Å². The van der Waals surface area contributed by atoms with E-state index in [4.69, 9.17) is 0 Å². The lowest BCUT2D eigenvalue weighted by molar-refractivity contribution is -0.142. The molecule has 0 aromatic rings. The molecule has 3 unspecified atom stereocenters. The van der Waals surface area contributed by atoms with Gasteiger partial charge < -0.3 is 0 Å². The molecule has 5 heteroatoms. The van der Waals surface area contributed by atoms with Crippen LogP contribution in [0.15, 0.2) is 0 Å². The number of carbonyl (C=O) groups is 2. The van der Waals surface area contributed by atoms with Crippen LogP contribution in [-0.4, -0.2) is 34.8 Å². The van der Waals surface area contributed by atoms with Gasteiger partial charge >= 0.3 is 0 Å². The van der Waals surface area contributed by atoms with E-state index < -0.39 is 5.54 Å². The Labute approximate surface area is 101 Å². The lowest BCUT2D eigenvalue weighted by atomic mass is 10.0. The minimum absolute atomic E-state index is 0.0931. The van der Waals surface area contributed by atoms with Crippen molar-refractivity contribution in [2.24, 2.45) is 11.8 Å². The first-order valence-electron chi connectivity index (χ1n) is 5.92. The van der Waals surface area contributed by atoms with E-state index in [2.05, 4.69) is 11.4 Å². The highest BCUT2D eigenvalue weighted by Gasteiger charge is 2.59. The Morgan fingerprint density at radius 2 is 2.00 bits per heavy atom. The minimum Gasteiger partial charge on any atom is -0.296 e. The lowest BCUT2D eigenvalue weighted by Gasteiger charge is -2.30. The maximum Gasteiger partial charge on any atom is 0.233 e. The van der Waals surface area contributed by atoms with Crippen molar-refractivity contribution < 1.29 is 9.59 Å². The summed E-state index contributed by atoms with van der Waals surface area (Å²) in [5.41, 5.74) is -0.865. The topological polar surface area (TPSA) is 73.2 Å². The Morgan fingerprint density at radius 3 is 2.41 bits per heavy atom. The van der Waals surface area contributed by atoms with Crippen LogP contribution in [0.5, 0.6) is 0 Å². The fourth-order valence-corrected chi connectivity index (χ4v) is 2.47. The zero-order valence-corrected chi connectivity index (χ0v) is 10.4. The zero-order chi connectivity index (χ0) is 12.8. The van der Waals surface area contributed by atoms with Crippen molar-refractivity contribution in [3.05, 3.63) is 0 Å². The van der Waals surface area contributed by atoms with Crippen LogP contribution in [0.1, 0.15) is 27.2 Å². The predicted octanol–water partition coefficient (Wildman–Crippen LogP) is 0.272. The first-order valence-corrected chi connectivity index (χ1v) is 5.92. The predicted molar refractivity (Wildman–Crippen MR) is 60.6 cm³/mol. The third-order valence-electron chi connectivity index (χ3n) is 3.29. The number of rotatable bonds is 4. The summed E-state index contributed by atoms with van der Waals surface area (Å²) in [5, 5.41) is 12.3. The number of carbonyl (C=O) groups excluding carboxylic acids is 2. The van der Waals surface area contributed by atoms with E-state index >= 15 is 0 Å². The molecule has 3 atom stereocenters. The number of amides is 2. The average Bonchev–Trinajstić information content (AvgIpc) is 2.98. The van der Waals surface area contributed by atoms with Crippen LogP contribution in [0.4, 0.5) is 0 Å². The van der Waals surface area contributed by atoms with Crippen molar-refractivity contribution in [3.8, 4) is 6.07 Å². The zero-order valence-electron chi connectivity index (χ0n) is 10.4. The molecule has 0 bridgehead atoms. The molecule has 2 fully saturated rings.